The van der Waals surface area contributed by atoms with Crippen molar-refractivity contribution in [2.24, 2.45) is 0 Å². The van der Waals surface area contributed by atoms with Crippen LogP contribution in [0, 0.1) is 11.3 Å². The first-order valence-corrected chi connectivity index (χ1v) is 3.65. The second-order valence-corrected chi connectivity index (χ2v) is 2.20. The highest BCUT2D eigenvalue weighted by atomic mass is 16.2. The summed E-state index contributed by atoms with van der Waals surface area (Å²) in [6, 6.07) is 5.01. The lowest BCUT2D eigenvalue weighted by atomic mass is 10.3. The molecule has 0 bridgehead atoms. The van der Waals surface area contributed by atoms with E-state index in [0.717, 1.165) is 0 Å². The molecule has 0 aliphatic carbocycles. The number of amides is 1. The average molecular weight is 176 g/mol. The molecule has 1 aromatic rings. The molecule has 5 nitrogen and oxygen atoms in total. The van der Waals surface area contributed by atoms with Gasteiger partial charge in [0.1, 0.15) is 6.54 Å². The number of aromatic nitrogens is 1. The molecule has 0 radical (unpaired) electrons. The zero-order chi connectivity index (χ0) is 9.52. The van der Waals surface area contributed by atoms with E-state index in [-0.39, 0.29) is 12.5 Å². The summed E-state index contributed by atoms with van der Waals surface area (Å²) in [5.41, 5.74) is 5.31. The SMILES string of the molecule is N#CCNNC(=O)c1ccncc1. The van der Waals surface area contributed by atoms with Gasteiger partial charge in [0, 0.05) is 18.0 Å². The van der Waals surface area contributed by atoms with Gasteiger partial charge in [-0.25, -0.2) is 5.43 Å². The van der Waals surface area contributed by atoms with Gasteiger partial charge < -0.3 is 0 Å². The number of pyridine rings is 1. The lowest BCUT2D eigenvalue weighted by Crippen LogP contribution is -2.37. The summed E-state index contributed by atoms with van der Waals surface area (Å²) in [6.07, 6.45) is 3.05. The van der Waals surface area contributed by atoms with Crippen LogP contribution < -0.4 is 10.9 Å². The molecule has 1 heterocycles. The van der Waals surface area contributed by atoms with E-state index in [4.69, 9.17) is 5.26 Å². The van der Waals surface area contributed by atoms with E-state index in [1.54, 1.807) is 12.1 Å². The number of hydrazine groups is 1. The fraction of sp³-hybridized carbons (Fsp3) is 0.125. The van der Waals surface area contributed by atoms with Gasteiger partial charge >= 0.3 is 0 Å². The number of carbonyl (C=O) groups excluding carboxylic acids is 1. The molecule has 0 saturated heterocycles. The molecule has 1 aromatic heterocycles. The maximum Gasteiger partial charge on any atom is 0.265 e. The maximum atomic E-state index is 11.2. The van der Waals surface area contributed by atoms with Crippen LogP contribution in [0.3, 0.4) is 0 Å². The van der Waals surface area contributed by atoms with Crippen LogP contribution in [0.15, 0.2) is 24.5 Å². The molecule has 0 unspecified atom stereocenters. The Balaban J connectivity index is 2.46. The lowest BCUT2D eigenvalue weighted by molar-refractivity contribution is 0.0935. The van der Waals surface area contributed by atoms with E-state index >= 15 is 0 Å². The van der Waals surface area contributed by atoms with E-state index in [2.05, 4.69) is 15.8 Å². The number of nitrogens with one attached hydrogen (secondary N) is 2. The van der Waals surface area contributed by atoms with Gasteiger partial charge in [-0.05, 0) is 12.1 Å². The molecule has 5 heteroatoms. The Hall–Kier alpha value is -1.93. The molecule has 0 aromatic carbocycles. The Kier molecular flexibility index (Phi) is 3.42. The van der Waals surface area contributed by atoms with Crippen LogP contribution in [0.2, 0.25) is 0 Å². The standard InChI is InChI=1S/C8H8N4O/c9-3-6-11-12-8(13)7-1-4-10-5-2-7/h1-2,4-5,11H,6H2,(H,12,13). The van der Waals surface area contributed by atoms with Crippen molar-refractivity contribution in [3.8, 4) is 6.07 Å². The Morgan fingerprint density at radius 1 is 1.54 bits per heavy atom. The van der Waals surface area contributed by atoms with Crippen molar-refractivity contribution in [2.45, 2.75) is 0 Å². The highest BCUT2D eigenvalue weighted by Gasteiger charge is 2.01. The molecule has 0 saturated carbocycles. The van der Waals surface area contributed by atoms with Gasteiger partial charge in [-0.1, -0.05) is 0 Å². The van der Waals surface area contributed by atoms with Crippen molar-refractivity contribution >= 4 is 5.91 Å². The van der Waals surface area contributed by atoms with Crippen LogP contribution in [0.5, 0.6) is 0 Å². The molecule has 13 heavy (non-hydrogen) atoms. The topological polar surface area (TPSA) is 77.8 Å². The first-order valence-electron chi connectivity index (χ1n) is 3.65. The van der Waals surface area contributed by atoms with Crippen molar-refractivity contribution < 1.29 is 4.79 Å². The summed E-state index contributed by atoms with van der Waals surface area (Å²) in [7, 11) is 0. The molecule has 66 valence electrons. The van der Waals surface area contributed by atoms with Gasteiger partial charge in [0.05, 0.1) is 6.07 Å². The second kappa shape index (κ2) is 4.85. The number of rotatable bonds is 3. The lowest BCUT2D eigenvalue weighted by Gasteiger charge is -2.02. The number of hydrogen-bond donors (Lipinski definition) is 2. The number of nitriles is 1. The zero-order valence-corrected chi connectivity index (χ0v) is 6.82. The normalized spacial score (nSPS) is 8.85. The minimum atomic E-state index is -0.280. The first kappa shape index (κ1) is 9.16. The molecular formula is C8H8N4O. The van der Waals surface area contributed by atoms with Crippen LogP contribution in [0.4, 0.5) is 0 Å². The Morgan fingerprint density at radius 3 is 2.85 bits per heavy atom. The van der Waals surface area contributed by atoms with E-state index < -0.39 is 0 Å². The summed E-state index contributed by atoms with van der Waals surface area (Å²) in [5, 5.41) is 8.18. The highest BCUT2D eigenvalue weighted by molar-refractivity contribution is 5.93. The van der Waals surface area contributed by atoms with Gasteiger partial charge in [-0.2, -0.15) is 5.26 Å². The predicted octanol–water partition coefficient (Wildman–Crippen LogP) is -0.160. The van der Waals surface area contributed by atoms with Crippen molar-refractivity contribution in [2.75, 3.05) is 6.54 Å². The first-order chi connectivity index (χ1) is 6.34. The second-order valence-electron chi connectivity index (χ2n) is 2.20. The molecule has 0 fully saturated rings. The third-order valence-corrected chi connectivity index (χ3v) is 1.31. The zero-order valence-electron chi connectivity index (χ0n) is 6.82. The molecule has 1 rings (SSSR count). The predicted molar refractivity (Wildman–Crippen MR) is 45.3 cm³/mol. The number of nitrogens with zero attached hydrogens (tertiary/aromatic N) is 2. The van der Waals surface area contributed by atoms with Crippen LogP contribution in [-0.4, -0.2) is 17.4 Å². The molecule has 1 amide bonds. The number of hydrogen-bond acceptors (Lipinski definition) is 4. The quantitative estimate of drug-likeness (QED) is 0.381. The van der Waals surface area contributed by atoms with Crippen molar-refractivity contribution in [3.05, 3.63) is 30.1 Å². The summed E-state index contributed by atoms with van der Waals surface area (Å²) in [6.45, 7) is 0.0802. The van der Waals surface area contributed by atoms with Crippen molar-refractivity contribution in [3.63, 3.8) is 0 Å². The van der Waals surface area contributed by atoms with Crippen LogP contribution in [0.1, 0.15) is 10.4 Å². The largest absolute Gasteiger partial charge is 0.286 e. The van der Waals surface area contributed by atoms with E-state index in [1.807, 2.05) is 6.07 Å². The Bertz CT molecular complexity index is 317. The van der Waals surface area contributed by atoms with Gasteiger partial charge in [0.25, 0.3) is 5.91 Å². The van der Waals surface area contributed by atoms with Crippen LogP contribution in [0.25, 0.3) is 0 Å². The van der Waals surface area contributed by atoms with E-state index in [1.165, 1.54) is 12.4 Å². The fourth-order valence-electron chi connectivity index (χ4n) is 0.739. The van der Waals surface area contributed by atoms with E-state index in [0.29, 0.717) is 5.56 Å². The third-order valence-electron chi connectivity index (χ3n) is 1.31. The molecular weight excluding hydrogens is 168 g/mol. The summed E-state index contributed by atoms with van der Waals surface area (Å²) in [5.74, 6) is -0.280. The van der Waals surface area contributed by atoms with E-state index in [9.17, 15) is 4.79 Å². The minimum absolute atomic E-state index is 0.0802. The molecule has 0 atom stereocenters. The average Bonchev–Trinajstić information content (AvgIpc) is 2.19. The van der Waals surface area contributed by atoms with Crippen molar-refractivity contribution in [1.82, 2.24) is 15.8 Å². The molecule has 0 aliphatic heterocycles. The monoisotopic (exact) mass is 176 g/mol. The van der Waals surface area contributed by atoms with Gasteiger partial charge in [0.15, 0.2) is 0 Å². The molecule has 0 spiro atoms. The maximum absolute atomic E-state index is 11.2. The van der Waals surface area contributed by atoms with Crippen LogP contribution in [-0.2, 0) is 0 Å². The Morgan fingerprint density at radius 2 is 2.23 bits per heavy atom. The Labute approximate surface area is 75.4 Å². The number of carbonyl (C=O) groups is 1. The van der Waals surface area contributed by atoms with Crippen LogP contribution >= 0.6 is 0 Å². The third kappa shape index (κ3) is 2.89. The van der Waals surface area contributed by atoms with Crippen molar-refractivity contribution in [1.29, 1.82) is 5.26 Å². The molecule has 0 aliphatic rings. The summed E-state index contributed by atoms with van der Waals surface area (Å²) >= 11 is 0. The van der Waals surface area contributed by atoms with Gasteiger partial charge in [-0.15, -0.1) is 0 Å². The molecule has 2 N–H and O–H groups in total. The highest BCUT2D eigenvalue weighted by Crippen LogP contribution is 1.93. The minimum Gasteiger partial charge on any atom is -0.286 e. The van der Waals surface area contributed by atoms with Gasteiger partial charge in [-0.3, -0.25) is 15.2 Å². The van der Waals surface area contributed by atoms with Gasteiger partial charge in [0.2, 0.25) is 0 Å². The summed E-state index contributed by atoms with van der Waals surface area (Å²) < 4.78 is 0. The summed E-state index contributed by atoms with van der Waals surface area (Å²) in [4.78, 5) is 15.0. The fourth-order valence-corrected chi connectivity index (χ4v) is 0.739. The smallest absolute Gasteiger partial charge is 0.265 e.